The number of para-hydroxylation sites is 1. The second-order valence-electron chi connectivity index (χ2n) is 8.20. The second kappa shape index (κ2) is 10.1. The predicted molar refractivity (Wildman–Crippen MR) is 133 cm³/mol. The number of ether oxygens (including phenoxy) is 1. The summed E-state index contributed by atoms with van der Waals surface area (Å²) in [6.45, 7) is 0.974. The average Bonchev–Trinajstić information content (AvgIpc) is 3.59. The van der Waals surface area contributed by atoms with Gasteiger partial charge in [0, 0.05) is 30.8 Å². The van der Waals surface area contributed by atoms with Crippen LogP contribution in [0, 0.1) is 5.92 Å². The van der Waals surface area contributed by atoms with E-state index in [1.165, 1.54) is 11.3 Å². The molecule has 0 atom stereocenters. The number of piperidine rings is 1. The van der Waals surface area contributed by atoms with Gasteiger partial charge in [-0.15, -0.1) is 10.2 Å². The first-order valence-corrected chi connectivity index (χ1v) is 12.2. The molecule has 4 aromatic rings. The van der Waals surface area contributed by atoms with Crippen molar-refractivity contribution in [1.82, 2.24) is 24.9 Å². The van der Waals surface area contributed by atoms with Gasteiger partial charge in [0.1, 0.15) is 17.0 Å². The molecule has 0 aliphatic carbocycles. The number of hydrogen-bond donors (Lipinski definition) is 1. The molecular weight excluding hydrogens is 464 g/mol. The summed E-state index contributed by atoms with van der Waals surface area (Å²) in [5, 5.41) is 15.7. The Balaban J connectivity index is 1.38. The van der Waals surface area contributed by atoms with Crippen LogP contribution in [-0.4, -0.2) is 56.9 Å². The van der Waals surface area contributed by atoms with Crippen LogP contribution in [0.2, 0.25) is 0 Å². The maximum Gasteiger partial charge on any atom is 0.257 e. The Morgan fingerprint density at radius 3 is 2.60 bits per heavy atom. The van der Waals surface area contributed by atoms with Gasteiger partial charge >= 0.3 is 0 Å². The van der Waals surface area contributed by atoms with Crippen molar-refractivity contribution in [3.63, 3.8) is 0 Å². The summed E-state index contributed by atoms with van der Waals surface area (Å²) in [6.07, 6.45) is 2.94. The highest BCUT2D eigenvalue weighted by molar-refractivity contribution is 7.13. The van der Waals surface area contributed by atoms with E-state index in [-0.39, 0.29) is 17.7 Å². The van der Waals surface area contributed by atoms with E-state index < -0.39 is 0 Å². The molecule has 0 unspecified atom stereocenters. The third-order valence-electron chi connectivity index (χ3n) is 6.05. The largest absolute Gasteiger partial charge is 0.497 e. The molecule has 0 spiro atoms. The summed E-state index contributed by atoms with van der Waals surface area (Å²) < 4.78 is 7.11. The molecule has 5 rings (SSSR count). The van der Waals surface area contributed by atoms with E-state index >= 15 is 0 Å². The van der Waals surface area contributed by atoms with Crippen molar-refractivity contribution in [3.8, 4) is 22.7 Å². The first kappa shape index (κ1) is 22.7. The normalized spacial score (nSPS) is 14.0. The summed E-state index contributed by atoms with van der Waals surface area (Å²) in [5.74, 6) is 0.334. The first-order valence-electron chi connectivity index (χ1n) is 11.3. The van der Waals surface area contributed by atoms with Gasteiger partial charge in [-0.05, 0) is 37.1 Å². The number of benzene rings is 2. The highest BCUT2D eigenvalue weighted by Crippen LogP contribution is 2.29. The zero-order chi connectivity index (χ0) is 24.2. The van der Waals surface area contributed by atoms with Crippen molar-refractivity contribution in [2.24, 2.45) is 5.92 Å². The van der Waals surface area contributed by atoms with Gasteiger partial charge in [0.25, 0.3) is 5.91 Å². The van der Waals surface area contributed by atoms with Crippen molar-refractivity contribution < 1.29 is 14.3 Å². The topological polar surface area (TPSA) is 102 Å². The highest BCUT2D eigenvalue weighted by atomic mass is 32.1. The summed E-state index contributed by atoms with van der Waals surface area (Å²) in [7, 11) is 1.61. The number of methoxy groups -OCH3 is 1. The fraction of sp³-hybridized carbons (Fsp3) is 0.240. The van der Waals surface area contributed by atoms with Gasteiger partial charge < -0.3 is 15.0 Å². The standard InChI is InChI=1S/C25H24N6O3S/c1-34-20-9-5-6-18(14-20)22-21(15-31(29-22)19-7-3-2-4-8-19)24(33)30-12-10-17(11-13-30)23(32)27-25-28-26-16-35-25/h2-9,14-17H,10-13H2,1H3,(H,27,28,32). The van der Waals surface area contributed by atoms with Crippen LogP contribution in [0.5, 0.6) is 5.75 Å². The van der Waals surface area contributed by atoms with Crippen molar-refractivity contribution in [2.45, 2.75) is 12.8 Å². The predicted octanol–water partition coefficient (Wildman–Crippen LogP) is 3.89. The Labute approximate surface area is 206 Å². The van der Waals surface area contributed by atoms with Crippen molar-refractivity contribution in [3.05, 3.63) is 71.9 Å². The molecule has 178 valence electrons. The molecule has 9 nitrogen and oxygen atoms in total. The van der Waals surface area contributed by atoms with E-state index in [2.05, 4.69) is 15.5 Å². The van der Waals surface area contributed by atoms with E-state index in [1.54, 1.807) is 28.4 Å². The molecular formula is C25H24N6O3S. The quantitative estimate of drug-likeness (QED) is 0.442. The molecule has 2 aromatic carbocycles. The summed E-state index contributed by atoms with van der Waals surface area (Å²) in [4.78, 5) is 28.0. The lowest BCUT2D eigenvalue weighted by Gasteiger charge is -2.31. The first-order chi connectivity index (χ1) is 17.1. The maximum atomic E-state index is 13.7. The highest BCUT2D eigenvalue weighted by Gasteiger charge is 2.30. The third kappa shape index (κ3) is 4.92. The van der Waals surface area contributed by atoms with E-state index in [4.69, 9.17) is 9.84 Å². The summed E-state index contributed by atoms with van der Waals surface area (Å²) >= 11 is 1.28. The number of aromatic nitrogens is 4. The van der Waals surface area contributed by atoms with Crippen LogP contribution in [0.15, 0.2) is 66.3 Å². The van der Waals surface area contributed by atoms with E-state index in [1.807, 2.05) is 54.6 Å². The zero-order valence-electron chi connectivity index (χ0n) is 19.1. The number of hydrogen-bond acceptors (Lipinski definition) is 7. The fourth-order valence-electron chi connectivity index (χ4n) is 4.18. The molecule has 1 saturated heterocycles. The molecule has 2 aromatic heterocycles. The van der Waals surface area contributed by atoms with Crippen molar-refractivity contribution in [2.75, 3.05) is 25.5 Å². The molecule has 1 aliphatic heterocycles. The van der Waals surface area contributed by atoms with Gasteiger partial charge in [-0.1, -0.05) is 41.7 Å². The SMILES string of the molecule is COc1cccc(-c2nn(-c3ccccc3)cc2C(=O)N2CCC(C(=O)Nc3nncs3)CC2)c1. The average molecular weight is 489 g/mol. The van der Waals surface area contributed by atoms with Crippen molar-refractivity contribution in [1.29, 1.82) is 0 Å². The Hall–Kier alpha value is -4.05. The van der Waals surface area contributed by atoms with Crippen LogP contribution >= 0.6 is 11.3 Å². The molecule has 0 saturated carbocycles. The lowest BCUT2D eigenvalue weighted by Crippen LogP contribution is -2.41. The molecule has 1 N–H and O–H groups in total. The van der Waals surface area contributed by atoms with E-state index in [0.29, 0.717) is 48.1 Å². The van der Waals surface area contributed by atoms with Crippen LogP contribution in [0.3, 0.4) is 0 Å². The number of amides is 2. The van der Waals surface area contributed by atoms with E-state index in [0.717, 1.165) is 11.3 Å². The maximum absolute atomic E-state index is 13.7. The smallest absolute Gasteiger partial charge is 0.257 e. The van der Waals surface area contributed by atoms with Crippen LogP contribution < -0.4 is 10.1 Å². The molecule has 0 radical (unpaired) electrons. The molecule has 35 heavy (non-hydrogen) atoms. The lowest BCUT2D eigenvalue weighted by atomic mass is 9.95. The number of rotatable bonds is 6. The number of likely N-dealkylation sites (tertiary alicyclic amines) is 1. The van der Waals surface area contributed by atoms with Crippen LogP contribution in [-0.2, 0) is 4.79 Å². The Morgan fingerprint density at radius 2 is 1.89 bits per heavy atom. The van der Waals surface area contributed by atoms with Crippen LogP contribution in [0.1, 0.15) is 23.2 Å². The molecule has 1 aliphatic rings. The summed E-state index contributed by atoms with van der Waals surface area (Å²) in [6, 6.07) is 17.2. The molecule has 2 amide bonds. The fourth-order valence-corrected chi connectivity index (χ4v) is 4.63. The van der Waals surface area contributed by atoms with Gasteiger partial charge in [-0.2, -0.15) is 5.10 Å². The van der Waals surface area contributed by atoms with Gasteiger partial charge in [-0.3, -0.25) is 9.59 Å². The number of carbonyl (C=O) groups is 2. The third-order valence-corrected chi connectivity index (χ3v) is 6.66. The minimum atomic E-state index is -0.173. The minimum absolute atomic E-state index is 0.0807. The summed E-state index contributed by atoms with van der Waals surface area (Å²) in [5.41, 5.74) is 4.34. The molecule has 1 fully saturated rings. The molecule has 10 heteroatoms. The Bertz CT molecular complexity index is 1310. The van der Waals surface area contributed by atoms with Gasteiger partial charge in [0.05, 0.1) is 18.4 Å². The Morgan fingerprint density at radius 1 is 1.09 bits per heavy atom. The van der Waals surface area contributed by atoms with Gasteiger partial charge in [0.2, 0.25) is 11.0 Å². The molecule has 0 bridgehead atoms. The monoisotopic (exact) mass is 488 g/mol. The van der Waals surface area contributed by atoms with Gasteiger partial charge in [-0.25, -0.2) is 4.68 Å². The number of anilines is 1. The van der Waals surface area contributed by atoms with Crippen LogP contribution in [0.4, 0.5) is 5.13 Å². The van der Waals surface area contributed by atoms with Crippen LogP contribution in [0.25, 0.3) is 16.9 Å². The minimum Gasteiger partial charge on any atom is -0.497 e. The van der Waals surface area contributed by atoms with Gasteiger partial charge in [0.15, 0.2) is 0 Å². The number of nitrogens with zero attached hydrogens (tertiary/aromatic N) is 5. The van der Waals surface area contributed by atoms with Crippen molar-refractivity contribution >= 4 is 28.3 Å². The lowest BCUT2D eigenvalue weighted by molar-refractivity contribution is -0.121. The number of carbonyl (C=O) groups excluding carboxylic acids is 2. The zero-order valence-corrected chi connectivity index (χ0v) is 19.9. The number of nitrogens with one attached hydrogen (secondary N) is 1. The molecule has 3 heterocycles. The second-order valence-corrected chi connectivity index (χ2v) is 9.04. The van der Waals surface area contributed by atoms with E-state index in [9.17, 15) is 9.59 Å². The Kier molecular flexibility index (Phi) is 6.53.